The summed E-state index contributed by atoms with van der Waals surface area (Å²) in [5.41, 5.74) is -0.503. The third kappa shape index (κ3) is 9.34. The average Bonchev–Trinajstić information content (AvgIpc) is 2.55. The minimum absolute atomic E-state index is 0.0456. The van der Waals surface area contributed by atoms with E-state index in [1.165, 1.54) is 0 Å². The fourth-order valence-electron chi connectivity index (χ4n) is 1.56. The molecule has 0 aromatic carbocycles. The lowest BCUT2D eigenvalue weighted by atomic mass is 10.3. The zero-order chi connectivity index (χ0) is 21.2. The zero-order valence-corrected chi connectivity index (χ0v) is 16.7. The molecule has 3 N–H and O–H groups in total. The summed E-state index contributed by atoms with van der Waals surface area (Å²) in [4.78, 5) is 51.1. The van der Waals surface area contributed by atoms with Crippen LogP contribution in [0.25, 0.3) is 0 Å². The maximum Gasteiger partial charge on any atom is 0.541 e. The molecule has 0 aromatic heterocycles. The van der Waals surface area contributed by atoms with Gasteiger partial charge in [-0.1, -0.05) is 13.2 Å². The standard InChI is InChI=1S/C14H22O11P2/c1-5-22-11(15)9(3)7-24-13(26(17)18)14(27(19,20)21)25-8-10(4)12(16)23-6-2/h13-14H,3-8H2,1-2H3,(H2-,17,18,19,20,21)/p+1. The molecule has 3 atom stereocenters. The van der Waals surface area contributed by atoms with Gasteiger partial charge in [-0.3, -0.25) is 4.57 Å². The van der Waals surface area contributed by atoms with Crippen LogP contribution in [0.5, 0.6) is 0 Å². The van der Waals surface area contributed by atoms with Crippen LogP contribution in [-0.4, -0.2) is 64.7 Å². The molecule has 0 radical (unpaired) electrons. The number of esters is 2. The van der Waals surface area contributed by atoms with Crippen molar-refractivity contribution in [3.05, 3.63) is 24.3 Å². The number of carbonyl (C=O) groups is 2. The van der Waals surface area contributed by atoms with Crippen molar-refractivity contribution in [2.45, 2.75) is 25.5 Å². The summed E-state index contributed by atoms with van der Waals surface area (Å²) in [6.45, 7) is 8.58. The molecular weight excluding hydrogens is 406 g/mol. The zero-order valence-electron chi connectivity index (χ0n) is 14.9. The largest absolute Gasteiger partial charge is 0.541 e. The molecule has 0 heterocycles. The smallest absolute Gasteiger partial charge is 0.463 e. The van der Waals surface area contributed by atoms with Crippen LogP contribution < -0.4 is 0 Å². The molecule has 11 nitrogen and oxygen atoms in total. The Morgan fingerprint density at radius 3 is 1.74 bits per heavy atom. The highest BCUT2D eigenvalue weighted by molar-refractivity contribution is 7.53. The fraction of sp³-hybridized carbons (Fsp3) is 0.571. The van der Waals surface area contributed by atoms with E-state index < -0.39 is 52.5 Å². The van der Waals surface area contributed by atoms with E-state index in [9.17, 15) is 33.4 Å². The molecule has 3 unspecified atom stereocenters. The molecular formula is C14H23O11P2+. The lowest BCUT2D eigenvalue weighted by Crippen LogP contribution is -2.31. The molecule has 0 bridgehead atoms. The van der Waals surface area contributed by atoms with E-state index in [0.29, 0.717) is 0 Å². The normalized spacial score (nSPS) is 14.0. The molecule has 0 amide bonds. The van der Waals surface area contributed by atoms with Crippen LogP contribution in [0, 0.1) is 0 Å². The van der Waals surface area contributed by atoms with Gasteiger partial charge in [0, 0.05) is 0 Å². The van der Waals surface area contributed by atoms with Crippen LogP contribution in [0.2, 0.25) is 0 Å². The van der Waals surface area contributed by atoms with E-state index in [0.717, 1.165) is 0 Å². The molecule has 0 fully saturated rings. The Balaban J connectivity index is 5.18. The first kappa shape index (κ1) is 25.6. The van der Waals surface area contributed by atoms with Crippen molar-refractivity contribution in [2.24, 2.45) is 0 Å². The van der Waals surface area contributed by atoms with E-state index >= 15 is 0 Å². The lowest BCUT2D eigenvalue weighted by molar-refractivity contribution is -0.140. The van der Waals surface area contributed by atoms with E-state index in [2.05, 4.69) is 22.6 Å². The number of ether oxygens (including phenoxy) is 4. The predicted octanol–water partition coefficient (Wildman–Crippen LogP) is 0.823. The number of carbonyl (C=O) groups excluding carboxylic acids is 2. The molecule has 13 heteroatoms. The molecule has 0 aliphatic rings. The van der Waals surface area contributed by atoms with Gasteiger partial charge in [0.05, 0.1) is 37.6 Å². The van der Waals surface area contributed by atoms with Crippen LogP contribution in [0.4, 0.5) is 0 Å². The lowest BCUT2D eigenvalue weighted by Gasteiger charge is -2.21. The molecule has 27 heavy (non-hydrogen) atoms. The highest BCUT2D eigenvalue weighted by atomic mass is 31.2. The second kappa shape index (κ2) is 12.1. The Morgan fingerprint density at radius 1 is 1.00 bits per heavy atom. The Hall–Kier alpha value is -1.45. The molecule has 0 saturated carbocycles. The minimum Gasteiger partial charge on any atom is -0.463 e. The average molecular weight is 429 g/mol. The van der Waals surface area contributed by atoms with Crippen molar-refractivity contribution in [1.82, 2.24) is 0 Å². The Kier molecular flexibility index (Phi) is 11.4. The summed E-state index contributed by atoms with van der Waals surface area (Å²) >= 11 is 0. The number of hydrogen-bond donors (Lipinski definition) is 3. The molecule has 0 spiro atoms. The van der Waals surface area contributed by atoms with Crippen LogP contribution >= 0.6 is 15.6 Å². The van der Waals surface area contributed by atoms with Crippen molar-refractivity contribution in [3.63, 3.8) is 0 Å². The topological polar surface area (TPSA) is 166 Å². The van der Waals surface area contributed by atoms with Gasteiger partial charge in [-0.25, -0.2) is 9.59 Å². The van der Waals surface area contributed by atoms with Crippen molar-refractivity contribution in [2.75, 3.05) is 26.4 Å². The third-order valence-corrected chi connectivity index (χ3v) is 4.95. The van der Waals surface area contributed by atoms with E-state index in [1.807, 2.05) is 0 Å². The van der Waals surface area contributed by atoms with E-state index in [1.54, 1.807) is 13.8 Å². The molecule has 154 valence electrons. The molecule has 0 aromatic rings. The first-order valence-corrected chi connectivity index (χ1v) is 10.5. The highest BCUT2D eigenvalue weighted by Crippen LogP contribution is 2.49. The van der Waals surface area contributed by atoms with Gasteiger partial charge in [-0.15, -0.1) is 0 Å². The third-order valence-electron chi connectivity index (χ3n) is 2.78. The second-order valence-corrected chi connectivity index (χ2v) is 7.74. The summed E-state index contributed by atoms with van der Waals surface area (Å²) < 4.78 is 42.4. The van der Waals surface area contributed by atoms with Gasteiger partial charge in [-0.05, 0) is 18.4 Å². The Labute approximate surface area is 157 Å². The summed E-state index contributed by atoms with van der Waals surface area (Å²) in [5, 5.41) is 0. The number of rotatable bonds is 13. The van der Waals surface area contributed by atoms with Crippen molar-refractivity contribution < 1.29 is 52.3 Å². The summed E-state index contributed by atoms with van der Waals surface area (Å²) in [7, 11) is -8.42. The second-order valence-electron chi connectivity index (χ2n) is 4.94. The summed E-state index contributed by atoms with van der Waals surface area (Å²) in [6, 6.07) is 0. The molecule has 0 saturated heterocycles. The summed E-state index contributed by atoms with van der Waals surface area (Å²) in [6.07, 6.45) is 0. The summed E-state index contributed by atoms with van der Waals surface area (Å²) in [5.74, 6) is -5.91. The van der Waals surface area contributed by atoms with Crippen molar-refractivity contribution >= 4 is 27.6 Å². The van der Waals surface area contributed by atoms with E-state index in [4.69, 9.17) is 9.47 Å². The highest BCUT2D eigenvalue weighted by Gasteiger charge is 2.50. The monoisotopic (exact) mass is 429 g/mol. The SMILES string of the molecule is C=C(COC(C(OCC(=C)C(=O)OCC)P(=O)(O)O)[P+](=O)O)C(=O)OCC. The van der Waals surface area contributed by atoms with Crippen molar-refractivity contribution in [1.29, 1.82) is 0 Å². The quantitative estimate of drug-likeness (QED) is 0.215. The Bertz CT molecular complexity index is 625. The molecule has 0 aliphatic carbocycles. The fourth-order valence-corrected chi connectivity index (χ4v) is 3.61. The molecule has 0 aliphatic heterocycles. The maximum atomic E-state index is 11.7. The van der Waals surface area contributed by atoms with E-state index in [-0.39, 0.29) is 24.4 Å². The van der Waals surface area contributed by atoms with Gasteiger partial charge < -0.3 is 28.7 Å². The van der Waals surface area contributed by atoms with Gasteiger partial charge in [-0.2, -0.15) is 4.89 Å². The van der Waals surface area contributed by atoms with Crippen LogP contribution in [0.1, 0.15) is 13.8 Å². The van der Waals surface area contributed by atoms with Gasteiger partial charge >= 0.3 is 33.4 Å². The first-order chi connectivity index (χ1) is 12.4. The predicted molar refractivity (Wildman–Crippen MR) is 92.9 cm³/mol. The Morgan fingerprint density at radius 2 is 1.41 bits per heavy atom. The van der Waals surface area contributed by atoms with Gasteiger partial charge in [0.25, 0.3) is 0 Å². The molecule has 0 rings (SSSR count). The van der Waals surface area contributed by atoms with Gasteiger partial charge in [0.2, 0.25) is 5.85 Å². The van der Waals surface area contributed by atoms with Gasteiger partial charge in [0.15, 0.2) is 0 Å². The van der Waals surface area contributed by atoms with Crippen LogP contribution in [0.15, 0.2) is 24.3 Å². The minimum atomic E-state index is -5.11. The maximum absolute atomic E-state index is 11.7. The van der Waals surface area contributed by atoms with Crippen LogP contribution in [0.3, 0.4) is 0 Å². The van der Waals surface area contributed by atoms with Crippen molar-refractivity contribution in [3.8, 4) is 0 Å². The van der Waals surface area contributed by atoms with Gasteiger partial charge in [0.1, 0.15) is 0 Å². The first-order valence-electron chi connectivity index (χ1n) is 7.59. The number of hydrogen-bond acceptors (Lipinski definition) is 8. The van der Waals surface area contributed by atoms with Crippen LogP contribution in [-0.2, 0) is 37.7 Å².